The standard InChI is InChI=1S/C17H20ClN3O2/c1-12-5-6-13(11-22)10-20(12)17(23)16-7-8-21(19-16)15-4-2-3-14(18)9-15/h2-4,7-9,12-13,22H,5-6,10-11H2,1H3. The molecule has 0 aliphatic carbocycles. The lowest BCUT2D eigenvalue weighted by Crippen LogP contribution is -2.46. The molecule has 1 saturated heterocycles. The number of carbonyl (C=O) groups excluding carboxylic acids is 1. The number of carbonyl (C=O) groups is 1. The zero-order valence-electron chi connectivity index (χ0n) is 13.0. The van der Waals surface area contributed by atoms with Crippen LogP contribution in [-0.2, 0) is 0 Å². The molecule has 3 rings (SSSR count). The number of aliphatic hydroxyl groups excluding tert-OH is 1. The van der Waals surface area contributed by atoms with Crippen LogP contribution in [-0.4, -0.2) is 44.9 Å². The third kappa shape index (κ3) is 3.41. The fourth-order valence-electron chi connectivity index (χ4n) is 2.96. The third-order valence-corrected chi connectivity index (χ3v) is 4.61. The molecule has 122 valence electrons. The highest BCUT2D eigenvalue weighted by atomic mass is 35.5. The van der Waals surface area contributed by atoms with Gasteiger partial charge in [0.1, 0.15) is 0 Å². The third-order valence-electron chi connectivity index (χ3n) is 4.38. The second-order valence-corrected chi connectivity index (χ2v) is 6.49. The summed E-state index contributed by atoms with van der Waals surface area (Å²) in [5.41, 5.74) is 1.23. The first-order chi connectivity index (χ1) is 11.1. The average Bonchev–Trinajstić information content (AvgIpc) is 3.05. The van der Waals surface area contributed by atoms with Crippen molar-refractivity contribution in [3.05, 3.63) is 47.2 Å². The van der Waals surface area contributed by atoms with E-state index in [9.17, 15) is 9.90 Å². The van der Waals surface area contributed by atoms with Crippen LogP contribution in [0.25, 0.3) is 5.69 Å². The second-order valence-electron chi connectivity index (χ2n) is 6.06. The number of halogens is 1. The fraction of sp³-hybridized carbons (Fsp3) is 0.412. The Labute approximate surface area is 140 Å². The lowest BCUT2D eigenvalue weighted by Gasteiger charge is -2.37. The van der Waals surface area contributed by atoms with Crippen molar-refractivity contribution in [2.75, 3.05) is 13.2 Å². The summed E-state index contributed by atoms with van der Waals surface area (Å²) < 4.78 is 1.65. The Balaban J connectivity index is 1.80. The van der Waals surface area contributed by atoms with Crippen molar-refractivity contribution >= 4 is 17.5 Å². The van der Waals surface area contributed by atoms with Crippen molar-refractivity contribution in [1.82, 2.24) is 14.7 Å². The highest BCUT2D eigenvalue weighted by Gasteiger charge is 2.30. The number of rotatable bonds is 3. The van der Waals surface area contributed by atoms with Gasteiger partial charge in [-0.3, -0.25) is 4.79 Å². The van der Waals surface area contributed by atoms with E-state index in [1.165, 1.54) is 0 Å². The Kier molecular flexibility index (Phi) is 4.68. The van der Waals surface area contributed by atoms with Crippen molar-refractivity contribution < 1.29 is 9.90 Å². The molecule has 1 fully saturated rings. The van der Waals surface area contributed by atoms with Gasteiger partial charge in [-0.15, -0.1) is 0 Å². The molecule has 1 amide bonds. The normalized spacial score (nSPS) is 21.4. The molecule has 1 aliphatic rings. The highest BCUT2D eigenvalue weighted by molar-refractivity contribution is 6.30. The van der Waals surface area contributed by atoms with Crippen LogP contribution in [0.4, 0.5) is 0 Å². The van der Waals surface area contributed by atoms with E-state index in [-0.39, 0.29) is 24.5 Å². The van der Waals surface area contributed by atoms with Crippen molar-refractivity contribution in [3.63, 3.8) is 0 Å². The summed E-state index contributed by atoms with van der Waals surface area (Å²) in [6, 6.07) is 9.22. The zero-order valence-corrected chi connectivity index (χ0v) is 13.8. The molecule has 5 nitrogen and oxygen atoms in total. The van der Waals surface area contributed by atoms with Crippen LogP contribution < -0.4 is 0 Å². The molecule has 2 heterocycles. The Bertz CT molecular complexity index is 701. The molecule has 2 unspecified atom stereocenters. The van der Waals surface area contributed by atoms with Crippen molar-refractivity contribution in [1.29, 1.82) is 0 Å². The van der Waals surface area contributed by atoms with Crippen molar-refractivity contribution in [2.45, 2.75) is 25.8 Å². The van der Waals surface area contributed by atoms with Crippen LogP contribution in [0.2, 0.25) is 5.02 Å². The molecule has 2 atom stereocenters. The lowest BCUT2D eigenvalue weighted by atomic mass is 9.94. The van der Waals surface area contributed by atoms with Gasteiger partial charge in [-0.05, 0) is 49.9 Å². The monoisotopic (exact) mass is 333 g/mol. The van der Waals surface area contributed by atoms with Crippen LogP contribution in [0.1, 0.15) is 30.3 Å². The molecular weight excluding hydrogens is 314 g/mol. The predicted octanol–water partition coefficient (Wildman–Crippen LogP) is 2.76. The first-order valence-electron chi connectivity index (χ1n) is 7.82. The molecule has 0 saturated carbocycles. The van der Waals surface area contributed by atoms with E-state index in [4.69, 9.17) is 11.6 Å². The minimum absolute atomic E-state index is 0.0866. The van der Waals surface area contributed by atoms with Gasteiger partial charge < -0.3 is 10.0 Å². The zero-order chi connectivity index (χ0) is 16.4. The number of likely N-dealkylation sites (tertiary alicyclic amines) is 1. The molecule has 1 aliphatic heterocycles. The molecule has 1 N–H and O–H groups in total. The maximum absolute atomic E-state index is 12.7. The highest BCUT2D eigenvalue weighted by Crippen LogP contribution is 2.23. The van der Waals surface area contributed by atoms with Crippen LogP contribution in [0, 0.1) is 5.92 Å². The topological polar surface area (TPSA) is 58.4 Å². The van der Waals surface area contributed by atoms with Gasteiger partial charge in [0.25, 0.3) is 5.91 Å². The Morgan fingerprint density at radius 2 is 2.22 bits per heavy atom. The molecule has 1 aromatic carbocycles. The van der Waals surface area contributed by atoms with Gasteiger partial charge in [0, 0.05) is 30.4 Å². The summed E-state index contributed by atoms with van der Waals surface area (Å²) in [5.74, 6) is 0.0709. The summed E-state index contributed by atoms with van der Waals surface area (Å²) in [6.07, 6.45) is 3.63. The molecule has 1 aromatic heterocycles. The van der Waals surface area contributed by atoms with Gasteiger partial charge in [0.2, 0.25) is 0 Å². The van der Waals surface area contributed by atoms with E-state index in [1.807, 2.05) is 24.0 Å². The number of benzene rings is 1. The van der Waals surface area contributed by atoms with Gasteiger partial charge in [-0.25, -0.2) is 4.68 Å². The number of aromatic nitrogens is 2. The Hall–Kier alpha value is -1.85. The SMILES string of the molecule is CC1CCC(CO)CN1C(=O)c1ccn(-c2cccc(Cl)c2)n1. The van der Waals surface area contributed by atoms with Gasteiger partial charge in [-0.2, -0.15) is 5.10 Å². The van der Waals surface area contributed by atoms with E-state index in [0.717, 1.165) is 18.5 Å². The molecular formula is C17H20ClN3O2. The second kappa shape index (κ2) is 6.72. The van der Waals surface area contributed by atoms with Crippen molar-refractivity contribution in [3.8, 4) is 5.69 Å². The fourth-order valence-corrected chi connectivity index (χ4v) is 3.15. The summed E-state index contributed by atoms with van der Waals surface area (Å²) >= 11 is 6.00. The van der Waals surface area contributed by atoms with Crippen LogP contribution in [0.5, 0.6) is 0 Å². The first-order valence-corrected chi connectivity index (χ1v) is 8.19. The number of hydrogen-bond donors (Lipinski definition) is 1. The van der Waals surface area contributed by atoms with Gasteiger partial charge in [-0.1, -0.05) is 17.7 Å². The van der Waals surface area contributed by atoms with Crippen molar-refractivity contribution in [2.24, 2.45) is 5.92 Å². The Morgan fingerprint density at radius 3 is 2.96 bits per heavy atom. The smallest absolute Gasteiger partial charge is 0.274 e. The molecule has 2 aromatic rings. The van der Waals surface area contributed by atoms with Gasteiger partial charge in [0.05, 0.1) is 5.69 Å². The lowest BCUT2D eigenvalue weighted by molar-refractivity contribution is 0.0483. The first kappa shape index (κ1) is 16.0. The van der Waals surface area contributed by atoms with Gasteiger partial charge >= 0.3 is 0 Å². The van der Waals surface area contributed by atoms with E-state index in [0.29, 0.717) is 17.3 Å². The number of amides is 1. The Morgan fingerprint density at radius 1 is 1.39 bits per heavy atom. The molecule has 0 bridgehead atoms. The number of nitrogens with zero attached hydrogens (tertiary/aromatic N) is 3. The van der Waals surface area contributed by atoms with E-state index in [1.54, 1.807) is 29.1 Å². The summed E-state index contributed by atoms with van der Waals surface area (Å²) in [4.78, 5) is 14.5. The minimum atomic E-state index is -0.0866. The van der Waals surface area contributed by atoms with E-state index >= 15 is 0 Å². The van der Waals surface area contributed by atoms with E-state index < -0.39 is 0 Å². The number of piperidine rings is 1. The average molecular weight is 334 g/mol. The largest absolute Gasteiger partial charge is 0.396 e. The van der Waals surface area contributed by atoms with Crippen LogP contribution in [0.15, 0.2) is 36.5 Å². The molecule has 23 heavy (non-hydrogen) atoms. The van der Waals surface area contributed by atoms with E-state index in [2.05, 4.69) is 5.10 Å². The van der Waals surface area contributed by atoms with Gasteiger partial charge in [0.15, 0.2) is 5.69 Å². The molecule has 0 radical (unpaired) electrons. The maximum atomic E-state index is 12.7. The predicted molar refractivity (Wildman–Crippen MR) is 88.9 cm³/mol. The number of aliphatic hydroxyl groups is 1. The summed E-state index contributed by atoms with van der Waals surface area (Å²) in [6.45, 7) is 2.74. The summed E-state index contributed by atoms with van der Waals surface area (Å²) in [7, 11) is 0. The maximum Gasteiger partial charge on any atom is 0.274 e. The minimum Gasteiger partial charge on any atom is -0.396 e. The molecule has 0 spiro atoms. The number of hydrogen-bond acceptors (Lipinski definition) is 3. The van der Waals surface area contributed by atoms with Crippen LogP contribution in [0.3, 0.4) is 0 Å². The summed E-state index contributed by atoms with van der Waals surface area (Å²) in [5, 5.41) is 14.4. The quantitative estimate of drug-likeness (QED) is 0.939. The molecule has 6 heteroatoms. The van der Waals surface area contributed by atoms with Crippen LogP contribution >= 0.6 is 11.6 Å².